The minimum Gasteiger partial charge on any atom is -0.439 e. The molecule has 0 N–H and O–H groups in total. The number of hydrogen-bond acceptors (Lipinski definition) is 2. The van der Waals surface area contributed by atoms with Gasteiger partial charge in [-0.3, -0.25) is 9.13 Å². The molecule has 0 saturated heterocycles. The Morgan fingerprint density at radius 1 is 0.281 bits per heavy atom. The van der Waals surface area contributed by atoms with Gasteiger partial charge in [0.2, 0.25) is 11.4 Å². The first-order chi connectivity index (χ1) is 28.3. The number of para-hydroxylation sites is 5. The van der Waals surface area contributed by atoms with Gasteiger partial charge in [-0.25, -0.2) is 0 Å². The number of nitrogens with zero attached hydrogens (tertiary/aromatic N) is 3. The molecule has 5 aromatic heterocycles. The lowest BCUT2D eigenvalue weighted by Crippen LogP contribution is -1.95. The summed E-state index contributed by atoms with van der Waals surface area (Å²) in [6, 6.07) is 67.0. The monoisotopic (exact) mass is 729 g/mol. The van der Waals surface area contributed by atoms with Crippen molar-refractivity contribution in [2.45, 2.75) is 0 Å². The molecule has 57 heavy (non-hydrogen) atoms. The molecule has 0 spiro atoms. The lowest BCUT2D eigenvalue weighted by atomic mass is 10.0. The van der Waals surface area contributed by atoms with E-state index >= 15 is 0 Å². The molecule has 8 aromatic carbocycles. The van der Waals surface area contributed by atoms with Crippen molar-refractivity contribution in [3.8, 4) is 28.2 Å². The van der Waals surface area contributed by atoms with Gasteiger partial charge >= 0.3 is 0 Å². The van der Waals surface area contributed by atoms with E-state index in [1.807, 2.05) is 18.2 Å². The molecule has 5 heteroatoms. The van der Waals surface area contributed by atoms with Crippen molar-refractivity contribution in [1.29, 1.82) is 0 Å². The first-order valence-corrected chi connectivity index (χ1v) is 19.3. The van der Waals surface area contributed by atoms with Crippen LogP contribution < -0.4 is 0 Å². The van der Waals surface area contributed by atoms with E-state index in [9.17, 15) is 0 Å². The Hall–Kier alpha value is -7.76. The Morgan fingerprint density at radius 3 is 1.35 bits per heavy atom. The Morgan fingerprint density at radius 2 is 0.754 bits per heavy atom. The van der Waals surface area contributed by atoms with E-state index in [1.165, 1.54) is 21.7 Å². The van der Waals surface area contributed by atoms with Crippen molar-refractivity contribution < 1.29 is 8.83 Å². The van der Waals surface area contributed by atoms with Crippen molar-refractivity contribution in [2.24, 2.45) is 0 Å². The summed E-state index contributed by atoms with van der Waals surface area (Å²) >= 11 is 0. The van der Waals surface area contributed by atoms with Crippen molar-refractivity contribution >= 4 is 87.7 Å². The molecule has 266 valence electrons. The van der Waals surface area contributed by atoms with Crippen LogP contribution in [0, 0.1) is 0 Å². The highest BCUT2D eigenvalue weighted by molar-refractivity contribution is 6.22. The molecule has 13 aromatic rings. The van der Waals surface area contributed by atoms with Crippen molar-refractivity contribution in [3.05, 3.63) is 188 Å². The van der Waals surface area contributed by atoms with Crippen LogP contribution in [-0.4, -0.2) is 13.7 Å². The first-order valence-electron chi connectivity index (χ1n) is 19.3. The highest BCUT2D eigenvalue weighted by atomic mass is 16.3. The van der Waals surface area contributed by atoms with Gasteiger partial charge in [-0.1, -0.05) is 115 Å². The number of hydrogen-bond donors (Lipinski definition) is 0. The molecule has 0 amide bonds. The molecule has 0 unspecified atom stereocenters. The highest BCUT2D eigenvalue weighted by Gasteiger charge is 2.23. The summed E-state index contributed by atoms with van der Waals surface area (Å²) in [6.07, 6.45) is 0. The fourth-order valence-electron chi connectivity index (χ4n) is 9.38. The maximum atomic E-state index is 6.77. The Kier molecular flexibility index (Phi) is 6.10. The fraction of sp³-hybridized carbons (Fsp3) is 0. The van der Waals surface area contributed by atoms with Crippen LogP contribution in [0.5, 0.6) is 0 Å². The Labute approximate surface area is 325 Å². The van der Waals surface area contributed by atoms with Gasteiger partial charge in [0.25, 0.3) is 0 Å². The van der Waals surface area contributed by atoms with Gasteiger partial charge in [0.1, 0.15) is 11.2 Å². The van der Waals surface area contributed by atoms with E-state index in [2.05, 4.69) is 184 Å². The first kappa shape index (κ1) is 30.6. The van der Waals surface area contributed by atoms with Gasteiger partial charge in [-0.2, -0.15) is 0 Å². The van der Waals surface area contributed by atoms with E-state index in [1.54, 1.807) is 0 Å². The molecular weight excluding hydrogens is 699 g/mol. The van der Waals surface area contributed by atoms with Gasteiger partial charge < -0.3 is 13.4 Å². The molecule has 0 aliphatic rings. The number of aromatic nitrogens is 3. The van der Waals surface area contributed by atoms with Crippen molar-refractivity contribution in [1.82, 2.24) is 13.7 Å². The van der Waals surface area contributed by atoms with Crippen LogP contribution >= 0.6 is 0 Å². The normalized spacial score (nSPS) is 12.2. The van der Waals surface area contributed by atoms with E-state index in [4.69, 9.17) is 8.83 Å². The standard InChI is InChI=1S/C52H31N3O2/c1-3-13-34(14-4-1)53-43-20-10-7-17-37(43)42-31-36(25-28-44(42)53)55-46-30-33(24-27-39(46)50-41-19-9-12-22-48(41)57-52(50)55)32-23-26-38-45(29-32)54(35-15-5-2-6-16-35)51-49(38)40-18-8-11-21-47(40)56-51/h1-31H. The lowest BCUT2D eigenvalue weighted by Gasteiger charge is -2.11. The van der Waals surface area contributed by atoms with Gasteiger partial charge in [-0.05, 0) is 83.9 Å². The second-order valence-corrected chi connectivity index (χ2v) is 14.9. The third-order valence-corrected chi connectivity index (χ3v) is 11.9. The maximum absolute atomic E-state index is 6.77. The maximum Gasteiger partial charge on any atom is 0.213 e. The van der Waals surface area contributed by atoms with Crippen LogP contribution in [0.4, 0.5) is 0 Å². The molecular formula is C52H31N3O2. The van der Waals surface area contributed by atoms with Gasteiger partial charge in [0.15, 0.2) is 0 Å². The predicted molar refractivity (Wildman–Crippen MR) is 234 cm³/mol. The average Bonchev–Trinajstić information content (AvgIpc) is 4.06. The van der Waals surface area contributed by atoms with Crippen LogP contribution in [0.2, 0.25) is 0 Å². The van der Waals surface area contributed by atoms with Crippen LogP contribution in [0.3, 0.4) is 0 Å². The van der Waals surface area contributed by atoms with Crippen LogP contribution in [0.1, 0.15) is 0 Å². The topological polar surface area (TPSA) is 41.1 Å². The molecule has 0 aliphatic heterocycles. The van der Waals surface area contributed by atoms with Crippen molar-refractivity contribution in [3.63, 3.8) is 0 Å². The summed E-state index contributed by atoms with van der Waals surface area (Å²) in [7, 11) is 0. The molecule has 13 rings (SSSR count). The SMILES string of the molecule is c1ccc(-n2c3ccccc3c3cc(-n4c5cc(-c6ccc7c8c9ccccc9oc8n(-c8ccccc8)c7c6)ccc5c5c6ccccc6oc54)ccc32)cc1. The summed E-state index contributed by atoms with van der Waals surface area (Å²) in [5, 5.41) is 9.22. The quantitative estimate of drug-likeness (QED) is 0.181. The van der Waals surface area contributed by atoms with Crippen LogP contribution in [0.25, 0.3) is 116 Å². The summed E-state index contributed by atoms with van der Waals surface area (Å²) in [6.45, 7) is 0. The van der Waals surface area contributed by atoms with E-state index in [0.717, 1.165) is 94.3 Å². The summed E-state index contributed by atoms with van der Waals surface area (Å²) in [5.41, 5.74) is 13.5. The van der Waals surface area contributed by atoms with E-state index < -0.39 is 0 Å². The zero-order valence-electron chi connectivity index (χ0n) is 30.6. The van der Waals surface area contributed by atoms with Crippen LogP contribution in [0.15, 0.2) is 197 Å². The second-order valence-electron chi connectivity index (χ2n) is 14.9. The second kappa shape index (κ2) is 11.4. The fourth-order valence-corrected chi connectivity index (χ4v) is 9.38. The average molecular weight is 730 g/mol. The number of fused-ring (bicyclic) bond motifs is 13. The van der Waals surface area contributed by atoms with Gasteiger partial charge in [-0.15, -0.1) is 0 Å². The minimum absolute atomic E-state index is 0.843. The summed E-state index contributed by atoms with van der Waals surface area (Å²) in [5.74, 6) is 0. The van der Waals surface area contributed by atoms with Gasteiger partial charge in [0.05, 0.1) is 32.8 Å². The van der Waals surface area contributed by atoms with Crippen molar-refractivity contribution in [2.75, 3.05) is 0 Å². The lowest BCUT2D eigenvalue weighted by molar-refractivity contribution is 0.645. The van der Waals surface area contributed by atoms with E-state index in [-0.39, 0.29) is 0 Å². The smallest absolute Gasteiger partial charge is 0.213 e. The zero-order chi connectivity index (χ0) is 37.2. The molecule has 0 bridgehead atoms. The number of furan rings is 2. The molecule has 0 atom stereocenters. The third kappa shape index (κ3) is 4.23. The van der Waals surface area contributed by atoms with E-state index in [0.29, 0.717) is 0 Å². The molecule has 0 fully saturated rings. The molecule has 0 saturated carbocycles. The molecule has 0 aliphatic carbocycles. The minimum atomic E-state index is 0.843. The van der Waals surface area contributed by atoms with Crippen LogP contribution in [-0.2, 0) is 0 Å². The Balaban J connectivity index is 1.07. The predicted octanol–water partition coefficient (Wildman–Crippen LogP) is 14.1. The van der Waals surface area contributed by atoms with Gasteiger partial charge in [0, 0.05) is 49.4 Å². The summed E-state index contributed by atoms with van der Waals surface area (Å²) in [4.78, 5) is 0. The Bertz CT molecular complexity index is 3740. The molecule has 0 radical (unpaired) electrons. The number of rotatable bonds is 4. The molecule has 5 heterocycles. The summed E-state index contributed by atoms with van der Waals surface area (Å²) < 4.78 is 20.3. The highest BCUT2D eigenvalue weighted by Crippen LogP contribution is 2.44. The molecule has 5 nitrogen and oxygen atoms in total. The largest absolute Gasteiger partial charge is 0.439 e. The zero-order valence-corrected chi connectivity index (χ0v) is 30.6. The third-order valence-electron chi connectivity index (χ3n) is 11.9. The number of benzene rings is 8.